The molecule has 1 heterocycles. The van der Waals surface area contributed by atoms with Gasteiger partial charge < -0.3 is 14.8 Å². The zero-order valence-corrected chi connectivity index (χ0v) is 11.5. The molecule has 0 bridgehead atoms. The third kappa shape index (κ3) is 7.02. The van der Waals surface area contributed by atoms with E-state index in [1.807, 2.05) is 0 Å². The maximum Gasteiger partial charge on any atom is 0.0576 e. The van der Waals surface area contributed by atoms with Crippen molar-refractivity contribution in [3.8, 4) is 0 Å². The third-order valence-electron chi connectivity index (χ3n) is 3.41. The van der Waals surface area contributed by atoms with Crippen LogP contribution in [0.4, 0.5) is 0 Å². The second-order valence-electron chi connectivity index (χ2n) is 4.81. The molecule has 0 spiro atoms. The highest BCUT2D eigenvalue weighted by molar-refractivity contribution is 4.69. The van der Waals surface area contributed by atoms with Crippen LogP contribution in [-0.4, -0.2) is 38.5 Å². The summed E-state index contributed by atoms with van der Waals surface area (Å²) in [5.74, 6) is 0. The van der Waals surface area contributed by atoms with Crippen molar-refractivity contribution < 1.29 is 9.47 Å². The lowest BCUT2D eigenvalue weighted by molar-refractivity contribution is 0.0997. The molecule has 1 aliphatic heterocycles. The van der Waals surface area contributed by atoms with Crippen LogP contribution in [0.3, 0.4) is 0 Å². The van der Waals surface area contributed by atoms with Gasteiger partial charge in [0, 0.05) is 25.9 Å². The van der Waals surface area contributed by atoms with E-state index < -0.39 is 0 Å². The van der Waals surface area contributed by atoms with E-state index in [9.17, 15) is 0 Å². The van der Waals surface area contributed by atoms with Gasteiger partial charge >= 0.3 is 0 Å². The average Bonchev–Trinajstić information content (AvgIpc) is 2.82. The van der Waals surface area contributed by atoms with Crippen molar-refractivity contribution in [2.24, 2.45) is 0 Å². The van der Waals surface area contributed by atoms with E-state index in [1.165, 1.54) is 32.1 Å². The minimum atomic E-state index is 0.546. The number of rotatable bonds is 10. The van der Waals surface area contributed by atoms with Crippen LogP contribution in [0.25, 0.3) is 0 Å². The molecule has 3 nitrogen and oxygen atoms in total. The normalized spacial score (nSPS) is 21.9. The Balaban J connectivity index is 2.05. The Morgan fingerprint density at radius 2 is 2.24 bits per heavy atom. The Hall–Kier alpha value is -0.120. The van der Waals surface area contributed by atoms with E-state index in [2.05, 4.69) is 19.2 Å². The van der Waals surface area contributed by atoms with Gasteiger partial charge in [-0.25, -0.2) is 0 Å². The third-order valence-corrected chi connectivity index (χ3v) is 3.41. The molecular formula is C14H29NO2. The van der Waals surface area contributed by atoms with Crippen molar-refractivity contribution in [1.29, 1.82) is 0 Å². The highest BCUT2D eigenvalue weighted by Gasteiger charge is 2.15. The number of ether oxygens (including phenoxy) is 2. The molecule has 0 aliphatic carbocycles. The van der Waals surface area contributed by atoms with E-state index in [0.717, 1.165) is 32.8 Å². The minimum Gasteiger partial charge on any atom is -0.382 e. The van der Waals surface area contributed by atoms with Crippen LogP contribution in [0, 0.1) is 0 Å². The van der Waals surface area contributed by atoms with Gasteiger partial charge in [-0.05, 0) is 52.0 Å². The highest BCUT2D eigenvalue weighted by atomic mass is 16.5. The van der Waals surface area contributed by atoms with Gasteiger partial charge in [0.2, 0.25) is 0 Å². The zero-order valence-electron chi connectivity index (χ0n) is 11.5. The lowest BCUT2D eigenvalue weighted by Crippen LogP contribution is -2.30. The Morgan fingerprint density at radius 1 is 1.35 bits per heavy atom. The Kier molecular flexibility index (Phi) is 8.67. The van der Waals surface area contributed by atoms with Crippen molar-refractivity contribution in [3.63, 3.8) is 0 Å². The summed E-state index contributed by atoms with van der Waals surface area (Å²) >= 11 is 0. The molecule has 0 amide bonds. The van der Waals surface area contributed by atoms with Crippen LogP contribution in [-0.2, 0) is 9.47 Å². The lowest BCUT2D eigenvalue weighted by atomic mass is 10.0. The summed E-state index contributed by atoms with van der Waals surface area (Å²) in [6, 6.07) is 0.618. The Morgan fingerprint density at radius 3 is 2.88 bits per heavy atom. The monoisotopic (exact) mass is 243 g/mol. The fourth-order valence-corrected chi connectivity index (χ4v) is 2.47. The fraction of sp³-hybridized carbons (Fsp3) is 1.00. The first-order valence-electron chi connectivity index (χ1n) is 7.29. The van der Waals surface area contributed by atoms with Crippen LogP contribution in [0.2, 0.25) is 0 Å². The number of hydrogen-bond acceptors (Lipinski definition) is 3. The summed E-state index contributed by atoms with van der Waals surface area (Å²) in [4.78, 5) is 0. The molecule has 1 rings (SSSR count). The molecule has 1 saturated heterocycles. The molecule has 0 aromatic heterocycles. The molecular weight excluding hydrogens is 214 g/mol. The summed E-state index contributed by atoms with van der Waals surface area (Å²) in [5, 5.41) is 3.55. The first-order valence-corrected chi connectivity index (χ1v) is 7.29. The molecule has 2 atom stereocenters. The highest BCUT2D eigenvalue weighted by Crippen LogP contribution is 2.18. The average molecular weight is 243 g/mol. The van der Waals surface area contributed by atoms with Crippen LogP contribution in [0.5, 0.6) is 0 Å². The summed E-state index contributed by atoms with van der Waals surface area (Å²) in [6.45, 7) is 7.97. The standard InChI is InChI=1S/C14H29NO2/c1-3-15-13(10-12-16-4-2)7-5-8-14-9-6-11-17-14/h13-15H,3-12H2,1-2H3. The van der Waals surface area contributed by atoms with Gasteiger partial charge in [0.05, 0.1) is 6.10 Å². The van der Waals surface area contributed by atoms with E-state index in [-0.39, 0.29) is 0 Å². The number of nitrogens with one attached hydrogen (secondary N) is 1. The van der Waals surface area contributed by atoms with Crippen LogP contribution >= 0.6 is 0 Å². The fourth-order valence-electron chi connectivity index (χ4n) is 2.47. The second kappa shape index (κ2) is 9.86. The van der Waals surface area contributed by atoms with Crippen LogP contribution in [0.15, 0.2) is 0 Å². The predicted molar refractivity (Wildman–Crippen MR) is 71.4 cm³/mol. The molecule has 2 unspecified atom stereocenters. The van der Waals surface area contributed by atoms with Gasteiger partial charge in [-0.2, -0.15) is 0 Å². The van der Waals surface area contributed by atoms with E-state index in [0.29, 0.717) is 12.1 Å². The van der Waals surface area contributed by atoms with Crippen molar-refractivity contribution >= 4 is 0 Å². The van der Waals surface area contributed by atoms with Crippen molar-refractivity contribution in [1.82, 2.24) is 5.32 Å². The summed E-state index contributed by atoms with van der Waals surface area (Å²) in [7, 11) is 0. The summed E-state index contributed by atoms with van der Waals surface area (Å²) in [6.07, 6.45) is 7.96. The van der Waals surface area contributed by atoms with Crippen LogP contribution in [0.1, 0.15) is 52.4 Å². The van der Waals surface area contributed by atoms with Gasteiger partial charge in [0.15, 0.2) is 0 Å². The molecule has 3 heteroatoms. The van der Waals surface area contributed by atoms with Crippen molar-refractivity contribution in [2.45, 2.75) is 64.5 Å². The molecule has 0 radical (unpaired) electrons. The lowest BCUT2D eigenvalue weighted by Gasteiger charge is -2.18. The van der Waals surface area contributed by atoms with Gasteiger partial charge in [-0.15, -0.1) is 0 Å². The van der Waals surface area contributed by atoms with Gasteiger partial charge in [0.1, 0.15) is 0 Å². The predicted octanol–water partition coefficient (Wildman–Crippen LogP) is 2.74. The van der Waals surface area contributed by atoms with Gasteiger partial charge in [-0.3, -0.25) is 0 Å². The van der Waals surface area contributed by atoms with Gasteiger partial charge in [0.25, 0.3) is 0 Å². The van der Waals surface area contributed by atoms with E-state index >= 15 is 0 Å². The van der Waals surface area contributed by atoms with Gasteiger partial charge in [-0.1, -0.05) is 6.92 Å². The van der Waals surface area contributed by atoms with E-state index in [1.54, 1.807) is 0 Å². The quantitative estimate of drug-likeness (QED) is 0.598. The zero-order chi connectivity index (χ0) is 12.3. The molecule has 17 heavy (non-hydrogen) atoms. The molecule has 0 aromatic rings. The maximum atomic E-state index is 5.65. The summed E-state index contributed by atoms with van der Waals surface area (Å²) in [5.41, 5.74) is 0. The molecule has 0 saturated carbocycles. The van der Waals surface area contributed by atoms with Crippen molar-refractivity contribution in [2.75, 3.05) is 26.4 Å². The van der Waals surface area contributed by atoms with Crippen molar-refractivity contribution in [3.05, 3.63) is 0 Å². The topological polar surface area (TPSA) is 30.5 Å². The molecule has 1 fully saturated rings. The molecule has 1 aliphatic rings. The molecule has 0 aromatic carbocycles. The Bertz CT molecular complexity index is 170. The second-order valence-corrected chi connectivity index (χ2v) is 4.81. The molecule has 102 valence electrons. The number of hydrogen-bond donors (Lipinski definition) is 1. The largest absolute Gasteiger partial charge is 0.382 e. The summed E-state index contributed by atoms with van der Waals surface area (Å²) < 4.78 is 11.1. The first-order chi connectivity index (χ1) is 8.36. The van der Waals surface area contributed by atoms with Crippen LogP contribution < -0.4 is 5.32 Å². The Labute approximate surface area is 106 Å². The molecule has 1 N–H and O–H groups in total. The minimum absolute atomic E-state index is 0.546. The maximum absolute atomic E-state index is 5.65. The SMILES string of the molecule is CCNC(CCCC1CCCO1)CCOCC. The first kappa shape index (κ1) is 14.9. The smallest absolute Gasteiger partial charge is 0.0576 e. The van der Waals surface area contributed by atoms with E-state index in [4.69, 9.17) is 9.47 Å².